The summed E-state index contributed by atoms with van der Waals surface area (Å²) in [4.78, 5) is 25.5. The Labute approximate surface area is 300 Å². The summed E-state index contributed by atoms with van der Waals surface area (Å²) in [6.45, 7) is 25.6. The fraction of sp³-hybridized carbons (Fsp3) is 0.600. The smallest absolute Gasteiger partial charge is 0.190 e. The van der Waals surface area contributed by atoms with Gasteiger partial charge in [0.1, 0.15) is 22.7 Å². The minimum atomic E-state index is -0.160. The number of hydrogen-bond acceptors (Lipinski definition) is 4. The summed E-state index contributed by atoms with van der Waals surface area (Å²) >= 11 is 0. The monoisotopic (exact) mass is 673 g/mol. The van der Waals surface area contributed by atoms with Crippen molar-refractivity contribution < 1.29 is 19.1 Å². The van der Waals surface area contributed by atoms with Crippen LogP contribution in [0.1, 0.15) is 168 Å². The van der Waals surface area contributed by atoms with E-state index in [1.807, 2.05) is 77.9 Å². The van der Waals surface area contributed by atoms with Gasteiger partial charge in [0.15, 0.2) is 11.6 Å². The van der Waals surface area contributed by atoms with Crippen molar-refractivity contribution >= 4 is 11.6 Å². The van der Waals surface area contributed by atoms with Crippen molar-refractivity contribution in [1.29, 1.82) is 0 Å². The molecule has 0 aliphatic heterocycles. The molecule has 2 aromatic rings. The van der Waals surface area contributed by atoms with Crippen molar-refractivity contribution in [3.63, 3.8) is 0 Å². The fourth-order valence-corrected chi connectivity index (χ4v) is 6.17. The molecule has 2 unspecified atom stereocenters. The lowest BCUT2D eigenvalue weighted by atomic mass is 9.83. The third-order valence-corrected chi connectivity index (χ3v) is 8.95. The van der Waals surface area contributed by atoms with Gasteiger partial charge in [0, 0.05) is 22.3 Å². The highest BCUT2D eigenvalue weighted by atomic mass is 16.5. The highest BCUT2D eigenvalue weighted by Gasteiger charge is 2.28. The number of carbonyl (C=O) groups is 2. The summed E-state index contributed by atoms with van der Waals surface area (Å²) in [5.74, 6) is 4.22. The Morgan fingerprint density at radius 3 is 1.53 bits per heavy atom. The Kier molecular flexibility index (Phi) is 17.1. The number of ether oxygens (including phenoxy) is 2. The Bertz CT molecular complexity index is 1340. The molecule has 2 atom stereocenters. The normalized spacial score (nSPS) is 15.1. The maximum absolute atomic E-state index is 12.9. The molecule has 4 heteroatoms. The van der Waals surface area contributed by atoms with E-state index < -0.39 is 0 Å². The third kappa shape index (κ3) is 16.4. The maximum atomic E-state index is 12.9. The molecule has 0 N–H and O–H groups in total. The Hall–Kier alpha value is -3.14. The summed E-state index contributed by atoms with van der Waals surface area (Å²) in [7, 11) is 0. The van der Waals surface area contributed by atoms with Crippen molar-refractivity contribution in [3.8, 4) is 11.5 Å². The van der Waals surface area contributed by atoms with Gasteiger partial charge in [-0.2, -0.15) is 0 Å². The third-order valence-electron chi connectivity index (χ3n) is 8.95. The number of ketones is 2. The van der Waals surface area contributed by atoms with E-state index in [2.05, 4.69) is 40.7 Å². The molecule has 272 valence electrons. The fourth-order valence-electron chi connectivity index (χ4n) is 6.17. The molecular formula is C45H68O4. The first-order valence-corrected chi connectivity index (χ1v) is 18.9. The van der Waals surface area contributed by atoms with Gasteiger partial charge in [-0.15, -0.1) is 0 Å². The van der Waals surface area contributed by atoms with E-state index in [0.717, 1.165) is 35.7 Å². The number of rotatable bonds is 16. The molecule has 0 spiro atoms. The molecule has 49 heavy (non-hydrogen) atoms. The van der Waals surface area contributed by atoms with Crippen LogP contribution in [0.3, 0.4) is 0 Å². The van der Waals surface area contributed by atoms with E-state index in [1.54, 1.807) is 19.1 Å². The Morgan fingerprint density at radius 1 is 0.653 bits per heavy atom. The Balaban J connectivity index is 0.000000435. The van der Waals surface area contributed by atoms with E-state index in [1.165, 1.54) is 56.9 Å². The van der Waals surface area contributed by atoms with Gasteiger partial charge in [0.25, 0.3) is 0 Å². The van der Waals surface area contributed by atoms with Crippen LogP contribution in [0.2, 0.25) is 0 Å². The SMILES string of the molecule is CC(=CCC1=C(C)C(=O)c2ccccc2C1=O)CCCC(C)CCCC(C)CCCC(C)C.CC(C)(C)Oc1ccc(OC(C)(C)C)cc1. The first-order chi connectivity index (χ1) is 22.9. The van der Waals surface area contributed by atoms with Crippen LogP contribution in [0.15, 0.2) is 71.3 Å². The molecule has 0 bridgehead atoms. The zero-order chi connectivity index (χ0) is 36.8. The van der Waals surface area contributed by atoms with Crippen LogP contribution in [-0.2, 0) is 0 Å². The number of fused-ring (bicyclic) bond motifs is 1. The van der Waals surface area contributed by atoms with E-state index in [4.69, 9.17) is 9.47 Å². The van der Waals surface area contributed by atoms with Gasteiger partial charge < -0.3 is 9.47 Å². The molecule has 2 aromatic carbocycles. The van der Waals surface area contributed by atoms with E-state index in [9.17, 15) is 9.59 Å². The van der Waals surface area contributed by atoms with Crippen molar-refractivity contribution in [3.05, 3.63) is 82.5 Å². The van der Waals surface area contributed by atoms with Gasteiger partial charge in [-0.25, -0.2) is 0 Å². The van der Waals surface area contributed by atoms with Crippen molar-refractivity contribution in [2.24, 2.45) is 17.8 Å². The van der Waals surface area contributed by atoms with Crippen LogP contribution >= 0.6 is 0 Å². The number of Topliss-reactive ketones (excluding diaryl/α,β-unsaturated/α-hetero) is 2. The lowest BCUT2D eigenvalue weighted by Gasteiger charge is -2.23. The molecule has 1 aliphatic carbocycles. The molecule has 4 nitrogen and oxygen atoms in total. The summed E-state index contributed by atoms with van der Waals surface area (Å²) in [6.07, 6.45) is 14.4. The van der Waals surface area contributed by atoms with Crippen LogP contribution in [0, 0.1) is 17.8 Å². The minimum absolute atomic E-state index is 0.00526. The summed E-state index contributed by atoms with van der Waals surface area (Å²) < 4.78 is 11.5. The molecule has 0 saturated heterocycles. The highest BCUT2D eigenvalue weighted by Crippen LogP contribution is 2.29. The number of carbonyl (C=O) groups excluding carboxylic acids is 2. The lowest BCUT2D eigenvalue weighted by Crippen LogP contribution is -2.23. The van der Waals surface area contributed by atoms with Crippen LogP contribution in [0.5, 0.6) is 11.5 Å². The number of allylic oxidation sites excluding steroid dienone is 4. The number of hydrogen-bond donors (Lipinski definition) is 0. The van der Waals surface area contributed by atoms with Crippen molar-refractivity contribution in [2.45, 2.75) is 158 Å². The standard InChI is InChI=1S/C31H46O2.C14H22O2/c1-22(2)12-9-13-23(3)14-10-15-24(4)16-11-17-25(5)20-21-27-26(6)30(32)28-18-7-8-19-29(28)31(27)33;1-13(2,3)15-11-7-9-12(10-8-11)16-14(4,5)6/h7-8,18-20,22-24H,9-17,21H2,1-6H3;7-10H,1-6H3. The summed E-state index contributed by atoms with van der Waals surface area (Å²) in [5.41, 5.74) is 3.36. The first kappa shape index (κ1) is 42.0. The quantitative estimate of drug-likeness (QED) is 0.167. The van der Waals surface area contributed by atoms with E-state index in [0.29, 0.717) is 28.7 Å². The minimum Gasteiger partial charge on any atom is -0.488 e. The number of benzene rings is 2. The van der Waals surface area contributed by atoms with Crippen LogP contribution < -0.4 is 9.47 Å². The van der Waals surface area contributed by atoms with Crippen molar-refractivity contribution in [2.75, 3.05) is 0 Å². The van der Waals surface area contributed by atoms with Gasteiger partial charge in [-0.3, -0.25) is 9.59 Å². The van der Waals surface area contributed by atoms with Crippen LogP contribution in [-0.4, -0.2) is 22.8 Å². The maximum Gasteiger partial charge on any atom is 0.190 e. The molecular weight excluding hydrogens is 604 g/mol. The molecule has 0 amide bonds. The van der Waals surface area contributed by atoms with E-state index in [-0.39, 0.29) is 22.8 Å². The zero-order valence-electron chi connectivity index (χ0n) is 33.1. The van der Waals surface area contributed by atoms with Gasteiger partial charge in [-0.05, 0) is 117 Å². The molecule has 0 radical (unpaired) electrons. The Morgan fingerprint density at radius 2 is 1.08 bits per heavy atom. The lowest BCUT2D eigenvalue weighted by molar-refractivity contribution is 0.0973. The molecule has 0 saturated carbocycles. The second-order valence-electron chi connectivity index (χ2n) is 16.8. The van der Waals surface area contributed by atoms with Crippen molar-refractivity contribution in [1.82, 2.24) is 0 Å². The summed E-state index contributed by atoms with van der Waals surface area (Å²) in [5, 5.41) is 0. The molecule has 0 aromatic heterocycles. The van der Waals surface area contributed by atoms with Crippen LogP contribution in [0.25, 0.3) is 0 Å². The molecule has 1 aliphatic rings. The second kappa shape index (κ2) is 19.9. The predicted molar refractivity (Wildman–Crippen MR) is 208 cm³/mol. The topological polar surface area (TPSA) is 52.6 Å². The highest BCUT2D eigenvalue weighted by molar-refractivity contribution is 6.26. The van der Waals surface area contributed by atoms with Gasteiger partial charge in [0.2, 0.25) is 0 Å². The predicted octanol–water partition coefficient (Wildman–Crippen LogP) is 13.2. The largest absolute Gasteiger partial charge is 0.488 e. The first-order valence-electron chi connectivity index (χ1n) is 18.9. The molecule has 3 rings (SSSR count). The van der Waals surface area contributed by atoms with Crippen LogP contribution in [0.4, 0.5) is 0 Å². The average Bonchev–Trinajstić information content (AvgIpc) is 2.99. The summed E-state index contributed by atoms with van der Waals surface area (Å²) in [6, 6.07) is 14.9. The van der Waals surface area contributed by atoms with E-state index >= 15 is 0 Å². The van der Waals surface area contributed by atoms with Gasteiger partial charge >= 0.3 is 0 Å². The van der Waals surface area contributed by atoms with Gasteiger partial charge in [-0.1, -0.05) is 109 Å². The average molecular weight is 673 g/mol. The van der Waals surface area contributed by atoms with Gasteiger partial charge in [0.05, 0.1) is 0 Å². The zero-order valence-corrected chi connectivity index (χ0v) is 33.1. The second-order valence-corrected chi connectivity index (χ2v) is 16.8. The molecule has 0 fully saturated rings. The molecule has 0 heterocycles.